The number of halogens is 4. The molecule has 0 aliphatic carbocycles. The Hall–Kier alpha value is -2.29. The van der Waals surface area contributed by atoms with E-state index < -0.39 is 41.2 Å². The molecule has 1 N–H and O–H groups in total. The summed E-state index contributed by atoms with van der Waals surface area (Å²) < 4.78 is 43.5. The van der Waals surface area contributed by atoms with E-state index in [-0.39, 0.29) is 18.1 Å². The van der Waals surface area contributed by atoms with Crippen LogP contribution in [-0.4, -0.2) is 42.4 Å². The number of likely N-dealkylation sites (tertiary alicyclic amines) is 1. The van der Waals surface area contributed by atoms with Crippen LogP contribution in [0.4, 0.5) is 18.9 Å². The topological polar surface area (TPSA) is 75.7 Å². The number of carbonyl (C=O) groups excluding carboxylic acids is 3. The number of hydrogen-bond acceptors (Lipinski definition) is 4. The first kappa shape index (κ1) is 22.0. The maximum absolute atomic E-state index is 12.8. The molecule has 1 heterocycles. The second-order valence-electron chi connectivity index (χ2n) is 6.38. The van der Waals surface area contributed by atoms with Crippen LogP contribution in [0.2, 0.25) is 5.02 Å². The smallest absolute Gasteiger partial charge is 0.417 e. The van der Waals surface area contributed by atoms with Gasteiger partial charge in [-0.1, -0.05) is 18.5 Å². The van der Waals surface area contributed by atoms with Crippen molar-refractivity contribution in [3.05, 3.63) is 28.8 Å². The summed E-state index contributed by atoms with van der Waals surface area (Å²) in [5.74, 6) is -1.97. The van der Waals surface area contributed by atoms with Gasteiger partial charge in [-0.3, -0.25) is 14.4 Å². The molecule has 6 nitrogen and oxygen atoms in total. The number of alkyl halides is 3. The predicted octanol–water partition coefficient (Wildman–Crippen LogP) is 3.49. The Morgan fingerprint density at radius 1 is 1.32 bits per heavy atom. The van der Waals surface area contributed by atoms with Crippen molar-refractivity contribution in [1.82, 2.24) is 4.90 Å². The molecule has 1 unspecified atom stereocenters. The standard InChI is InChI=1S/C18H20ClF3N2O4/c1-2-16(26)24-7-3-4-11(9-24)17(27)28-10-15(25)23-12-5-6-14(19)13(8-12)18(20,21)22/h5-6,8,11H,2-4,7,9-10H2,1H3,(H,23,25). The van der Waals surface area contributed by atoms with Gasteiger partial charge in [-0.05, 0) is 31.0 Å². The fourth-order valence-electron chi connectivity index (χ4n) is 2.89. The van der Waals surface area contributed by atoms with Crippen LogP contribution < -0.4 is 5.32 Å². The highest BCUT2D eigenvalue weighted by molar-refractivity contribution is 6.31. The molecule has 0 saturated carbocycles. The van der Waals surface area contributed by atoms with Crippen molar-refractivity contribution in [1.29, 1.82) is 0 Å². The van der Waals surface area contributed by atoms with Crippen LogP contribution in [0.1, 0.15) is 31.7 Å². The summed E-state index contributed by atoms with van der Waals surface area (Å²) in [6.45, 7) is 1.91. The molecule has 10 heteroatoms. The number of nitrogens with zero attached hydrogens (tertiary/aromatic N) is 1. The van der Waals surface area contributed by atoms with Gasteiger partial charge in [0.25, 0.3) is 5.91 Å². The normalized spacial score (nSPS) is 17.2. The molecule has 28 heavy (non-hydrogen) atoms. The summed E-state index contributed by atoms with van der Waals surface area (Å²) in [6.07, 6.45) is -3.12. The van der Waals surface area contributed by atoms with Crippen LogP contribution in [0.15, 0.2) is 18.2 Å². The maximum atomic E-state index is 12.8. The molecule has 1 atom stereocenters. The Morgan fingerprint density at radius 3 is 2.68 bits per heavy atom. The van der Waals surface area contributed by atoms with Gasteiger partial charge >= 0.3 is 12.1 Å². The second-order valence-corrected chi connectivity index (χ2v) is 6.79. The first-order valence-corrected chi connectivity index (χ1v) is 9.10. The van der Waals surface area contributed by atoms with Crippen LogP contribution >= 0.6 is 11.6 Å². The lowest BCUT2D eigenvalue weighted by atomic mass is 9.98. The number of esters is 1. The number of hydrogen-bond donors (Lipinski definition) is 1. The molecule has 0 bridgehead atoms. The predicted molar refractivity (Wildman–Crippen MR) is 95.6 cm³/mol. The number of amides is 2. The number of carbonyl (C=O) groups is 3. The molecule has 1 saturated heterocycles. The molecule has 1 aliphatic heterocycles. The molecule has 1 aromatic carbocycles. The Labute approximate surface area is 165 Å². The molecule has 154 valence electrons. The van der Waals surface area contributed by atoms with E-state index in [1.54, 1.807) is 11.8 Å². The van der Waals surface area contributed by atoms with Gasteiger partial charge in [-0.15, -0.1) is 0 Å². The second kappa shape index (κ2) is 9.27. The van der Waals surface area contributed by atoms with Gasteiger partial charge in [-0.25, -0.2) is 0 Å². The molecule has 1 aromatic rings. The summed E-state index contributed by atoms with van der Waals surface area (Å²) in [6, 6.07) is 2.94. The van der Waals surface area contributed by atoms with E-state index in [9.17, 15) is 27.6 Å². The summed E-state index contributed by atoms with van der Waals surface area (Å²) in [5, 5.41) is 1.75. The average Bonchev–Trinajstić information content (AvgIpc) is 2.66. The highest BCUT2D eigenvalue weighted by atomic mass is 35.5. The van der Waals surface area contributed by atoms with E-state index >= 15 is 0 Å². The monoisotopic (exact) mass is 420 g/mol. The largest absolute Gasteiger partial charge is 0.455 e. The number of benzene rings is 1. The van der Waals surface area contributed by atoms with Crippen molar-refractivity contribution < 1.29 is 32.3 Å². The third-order valence-electron chi connectivity index (χ3n) is 4.31. The number of anilines is 1. The van der Waals surface area contributed by atoms with Crippen molar-refractivity contribution in [2.24, 2.45) is 5.92 Å². The van der Waals surface area contributed by atoms with E-state index in [1.165, 1.54) is 6.07 Å². The zero-order chi connectivity index (χ0) is 20.9. The summed E-state index contributed by atoms with van der Waals surface area (Å²) in [7, 11) is 0. The Morgan fingerprint density at radius 2 is 2.04 bits per heavy atom. The van der Waals surface area contributed by atoms with Gasteiger partial charge < -0.3 is 15.0 Å². The molecular weight excluding hydrogens is 401 g/mol. The van der Waals surface area contributed by atoms with E-state index in [2.05, 4.69) is 5.32 Å². The maximum Gasteiger partial charge on any atom is 0.417 e. The van der Waals surface area contributed by atoms with E-state index in [4.69, 9.17) is 16.3 Å². The number of piperidine rings is 1. The average molecular weight is 421 g/mol. The van der Waals surface area contributed by atoms with Crippen molar-refractivity contribution in [2.75, 3.05) is 25.0 Å². The molecule has 0 aromatic heterocycles. The fourth-order valence-corrected chi connectivity index (χ4v) is 3.12. The SMILES string of the molecule is CCC(=O)N1CCCC(C(=O)OCC(=O)Nc2ccc(Cl)c(C(F)(F)F)c2)C1. The molecule has 0 spiro atoms. The van der Waals surface area contributed by atoms with E-state index in [0.29, 0.717) is 31.9 Å². The Balaban J connectivity index is 1.89. The summed E-state index contributed by atoms with van der Waals surface area (Å²) >= 11 is 5.52. The van der Waals surface area contributed by atoms with Gasteiger partial charge in [0.15, 0.2) is 6.61 Å². The zero-order valence-corrected chi connectivity index (χ0v) is 15.9. The highest BCUT2D eigenvalue weighted by Crippen LogP contribution is 2.36. The molecule has 2 rings (SSSR count). The third kappa shape index (κ3) is 5.85. The molecule has 2 amide bonds. The van der Waals surface area contributed by atoms with Crippen LogP contribution in [0.5, 0.6) is 0 Å². The number of rotatable bonds is 5. The van der Waals surface area contributed by atoms with Gasteiger partial charge in [0.1, 0.15) is 0 Å². The molecular formula is C18H20ClF3N2O4. The minimum Gasteiger partial charge on any atom is -0.455 e. The van der Waals surface area contributed by atoms with Gasteiger partial charge in [0.05, 0.1) is 16.5 Å². The van der Waals surface area contributed by atoms with Crippen LogP contribution in [0.25, 0.3) is 0 Å². The zero-order valence-electron chi connectivity index (χ0n) is 15.1. The lowest BCUT2D eigenvalue weighted by Crippen LogP contribution is -2.42. The first-order valence-electron chi connectivity index (χ1n) is 8.72. The summed E-state index contributed by atoms with van der Waals surface area (Å²) in [4.78, 5) is 37.4. The Bertz CT molecular complexity index is 755. The fraction of sp³-hybridized carbons (Fsp3) is 0.500. The quantitative estimate of drug-likeness (QED) is 0.740. The third-order valence-corrected chi connectivity index (χ3v) is 4.64. The molecule has 0 radical (unpaired) electrons. The number of ether oxygens (including phenoxy) is 1. The summed E-state index contributed by atoms with van der Waals surface area (Å²) in [5.41, 5.74) is -1.19. The van der Waals surface area contributed by atoms with E-state index in [1.807, 2.05) is 0 Å². The minimum atomic E-state index is -4.66. The van der Waals surface area contributed by atoms with Crippen molar-refractivity contribution >= 4 is 35.1 Å². The minimum absolute atomic E-state index is 0.0570. The van der Waals surface area contributed by atoms with Crippen LogP contribution in [-0.2, 0) is 25.3 Å². The molecule has 1 fully saturated rings. The van der Waals surface area contributed by atoms with Crippen LogP contribution in [0, 0.1) is 5.92 Å². The van der Waals surface area contributed by atoms with Crippen molar-refractivity contribution in [2.45, 2.75) is 32.4 Å². The van der Waals surface area contributed by atoms with Crippen molar-refractivity contribution in [3.8, 4) is 0 Å². The lowest BCUT2D eigenvalue weighted by molar-refractivity contribution is -0.154. The highest BCUT2D eigenvalue weighted by Gasteiger charge is 2.33. The van der Waals surface area contributed by atoms with Crippen molar-refractivity contribution in [3.63, 3.8) is 0 Å². The van der Waals surface area contributed by atoms with Crippen LogP contribution in [0.3, 0.4) is 0 Å². The van der Waals surface area contributed by atoms with Gasteiger partial charge in [0.2, 0.25) is 5.91 Å². The first-order chi connectivity index (χ1) is 13.1. The Kier molecular flexibility index (Phi) is 7.29. The lowest BCUT2D eigenvalue weighted by Gasteiger charge is -2.31. The number of nitrogens with one attached hydrogen (secondary N) is 1. The van der Waals surface area contributed by atoms with Gasteiger partial charge in [-0.2, -0.15) is 13.2 Å². The van der Waals surface area contributed by atoms with E-state index in [0.717, 1.165) is 6.07 Å². The molecule has 1 aliphatic rings. The van der Waals surface area contributed by atoms with Gasteiger partial charge in [0, 0.05) is 25.2 Å².